The second-order valence-corrected chi connectivity index (χ2v) is 3.97. The Balaban J connectivity index is 2.44. The van der Waals surface area contributed by atoms with E-state index >= 15 is 0 Å². The minimum Gasteiger partial charge on any atom is -0.497 e. The summed E-state index contributed by atoms with van der Waals surface area (Å²) in [6.07, 6.45) is 2.97. The molecule has 0 saturated heterocycles. The Morgan fingerprint density at radius 1 is 1.27 bits per heavy atom. The lowest BCUT2D eigenvalue weighted by molar-refractivity contribution is 0.385. The van der Waals surface area contributed by atoms with Crippen molar-refractivity contribution < 1.29 is 9.47 Å². The van der Waals surface area contributed by atoms with Crippen LogP contribution in [0.25, 0.3) is 0 Å². The van der Waals surface area contributed by atoms with Gasteiger partial charge in [0.25, 0.3) is 0 Å². The number of fused-ring (bicyclic) bond motifs is 1. The van der Waals surface area contributed by atoms with Gasteiger partial charge in [0.05, 0.1) is 14.2 Å². The topological polar surface area (TPSA) is 44.5 Å². The van der Waals surface area contributed by atoms with Crippen LogP contribution in [0, 0.1) is 0 Å². The van der Waals surface area contributed by atoms with E-state index in [1.807, 2.05) is 6.07 Å². The van der Waals surface area contributed by atoms with Crippen molar-refractivity contribution in [3.8, 4) is 11.5 Å². The molecule has 2 rings (SSSR count). The van der Waals surface area contributed by atoms with Gasteiger partial charge in [-0.15, -0.1) is 0 Å². The molecule has 1 aromatic rings. The lowest BCUT2D eigenvalue weighted by atomic mass is 9.88. The van der Waals surface area contributed by atoms with Crippen molar-refractivity contribution in [3.63, 3.8) is 0 Å². The quantitative estimate of drug-likeness (QED) is 0.799. The molecular weight excluding hydrogens is 190 g/mol. The highest BCUT2D eigenvalue weighted by atomic mass is 16.5. The van der Waals surface area contributed by atoms with Crippen LogP contribution in [0.1, 0.15) is 17.5 Å². The van der Waals surface area contributed by atoms with Gasteiger partial charge in [0.2, 0.25) is 0 Å². The first kappa shape index (κ1) is 10.3. The zero-order valence-corrected chi connectivity index (χ0v) is 9.25. The summed E-state index contributed by atoms with van der Waals surface area (Å²) in [6, 6.07) is 4.28. The van der Waals surface area contributed by atoms with Crippen molar-refractivity contribution in [1.29, 1.82) is 0 Å². The van der Waals surface area contributed by atoms with Gasteiger partial charge in [0, 0.05) is 12.1 Å². The van der Waals surface area contributed by atoms with Crippen molar-refractivity contribution in [2.75, 3.05) is 14.2 Å². The van der Waals surface area contributed by atoms with E-state index in [4.69, 9.17) is 15.2 Å². The summed E-state index contributed by atoms with van der Waals surface area (Å²) >= 11 is 0. The molecule has 0 unspecified atom stereocenters. The maximum Gasteiger partial charge on any atom is 0.126 e. The largest absolute Gasteiger partial charge is 0.497 e. The molecule has 0 amide bonds. The average Bonchev–Trinajstić information content (AvgIpc) is 2.27. The molecule has 0 saturated carbocycles. The Bertz CT molecular complexity index is 346. The number of rotatable bonds is 2. The Morgan fingerprint density at radius 2 is 2.07 bits per heavy atom. The maximum atomic E-state index is 5.96. The molecule has 82 valence electrons. The third-order valence-corrected chi connectivity index (χ3v) is 2.98. The van der Waals surface area contributed by atoms with E-state index in [1.165, 1.54) is 11.1 Å². The van der Waals surface area contributed by atoms with Crippen LogP contribution in [0.15, 0.2) is 12.1 Å². The molecule has 1 aliphatic carbocycles. The highest BCUT2D eigenvalue weighted by Crippen LogP contribution is 2.33. The van der Waals surface area contributed by atoms with Crippen LogP contribution in [-0.2, 0) is 12.8 Å². The van der Waals surface area contributed by atoms with Crippen molar-refractivity contribution in [2.45, 2.75) is 25.3 Å². The molecule has 3 nitrogen and oxygen atoms in total. The first-order valence-electron chi connectivity index (χ1n) is 5.24. The summed E-state index contributed by atoms with van der Waals surface area (Å²) in [7, 11) is 3.37. The molecule has 0 aromatic heterocycles. The molecule has 3 heteroatoms. The molecule has 2 N–H and O–H groups in total. The van der Waals surface area contributed by atoms with Gasteiger partial charge in [-0.2, -0.15) is 0 Å². The minimum absolute atomic E-state index is 0.264. The molecule has 0 spiro atoms. The van der Waals surface area contributed by atoms with Crippen LogP contribution in [0.5, 0.6) is 11.5 Å². The van der Waals surface area contributed by atoms with Gasteiger partial charge in [-0.05, 0) is 36.5 Å². The minimum atomic E-state index is 0.264. The standard InChI is InChI=1S/C12H17NO2/c1-14-10-5-8-3-4-9(13)6-11(8)12(7-10)15-2/h5,7,9H,3-4,6,13H2,1-2H3/t9-/m1/s1. The summed E-state index contributed by atoms with van der Waals surface area (Å²) in [5.74, 6) is 1.76. The SMILES string of the molecule is COc1cc2c(c(OC)c1)C[C@H](N)CC2. The Hall–Kier alpha value is -1.22. The van der Waals surface area contributed by atoms with E-state index in [2.05, 4.69) is 6.07 Å². The van der Waals surface area contributed by atoms with E-state index in [1.54, 1.807) is 14.2 Å². The number of methoxy groups -OCH3 is 2. The molecule has 1 aliphatic rings. The summed E-state index contributed by atoms with van der Waals surface area (Å²) in [6.45, 7) is 0. The van der Waals surface area contributed by atoms with E-state index in [0.717, 1.165) is 30.8 Å². The van der Waals surface area contributed by atoms with Gasteiger partial charge < -0.3 is 15.2 Å². The number of ether oxygens (including phenoxy) is 2. The summed E-state index contributed by atoms with van der Waals surface area (Å²) in [5, 5.41) is 0. The van der Waals surface area contributed by atoms with Crippen molar-refractivity contribution in [3.05, 3.63) is 23.3 Å². The van der Waals surface area contributed by atoms with Crippen LogP contribution in [-0.4, -0.2) is 20.3 Å². The number of hydrogen-bond donors (Lipinski definition) is 1. The average molecular weight is 207 g/mol. The predicted octanol–water partition coefficient (Wildman–Crippen LogP) is 1.52. The maximum absolute atomic E-state index is 5.96. The smallest absolute Gasteiger partial charge is 0.126 e. The third-order valence-electron chi connectivity index (χ3n) is 2.98. The summed E-state index contributed by atoms with van der Waals surface area (Å²) < 4.78 is 10.6. The molecule has 0 aliphatic heterocycles. The number of nitrogens with two attached hydrogens (primary N) is 1. The fourth-order valence-electron chi connectivity index (χ4n) is 2.13. The fourth-order valence-corrected chi connectivity index (χ4v) is 2.13. The molecule has 1 aromatic carbocycles. The Kier molecular flexibility index (Phi) is 2.82. The van der Waals surface area contributed by atoms with Gasteiger partial charge in [-0.3, -0.25) is 0 Å². The number of aryl methyl sites for hydroxylation is 1. The summed E-state index contributed by atoms with van der Waals surface area (Å²) in [5.41, 5.74) is 8.52. The third kappa shape index (κ3) is 1.92. The van der Waals surface area contributed by atoms with E-state index in [9.17, 15) is 0 Å². The van der Waals surface area contributed by atoms with E-state index in [0.29, 0.717) is 0 Å². The van der Waals surface area contributed by atoms with Crippen molar-refractivity contribution in [1.82, 2.24) is 0 Å². The van der Waals surface area contributed by atoms with Crippen LogP contribution in [0.4, 0.5) is 0 Å². The summed E-state index contributed by atoms with van der Waals surface area (Å²) in [4.78, 5) is 0. The fraction of sp³-hybridized carbons (Fsp3) is 0.500. The molecule has 15 heavy (non-hydrogen) atoms. The molecule has 0 fully saturated rings. The number of benzene rings is 1. The van der Waals surface area contributed by atoms with Crippen LogP contribution >= 0.6 is 0 Å². The first-order chi connectivity index (χ1) is 7.24. The predicted molar refractivity (Wildman–Crippen MR) is 59.5 cm³/mol. The lowest BCUT2D eigenvalue weighted by Gasteiger charge is -2.24. The van der Waals surface area contributed by atoms with E-state index < -0.39 is 0 Å². The van der Waals surface area contributed by atoms with Gasteiger partial charge >= 0.3 is 0 Å². The Labute approximate surface area is 90.2 Å². The highest BCUT2D eigenvalue weighted by molar-refractivity contribution is 5.48. The first-order valence-corrected chi connectivity index (χ1v) is 5.24. The van der Waals surface area contributed by atoms with Crippen molar-refractivity contribution in [2.24, 2.45) is 5.73 Å². The zero-order valence-electron chi connectivity index (χ0n) is 9.25. The molecule has 0 bridgehead atoms. The van der Waals surface area contributed by atoms with Crippen LogP contribution in [0.3, 0.4) is 0 Å². The van der Waals surface area contributed by atoms with Gasteiger partial charge in [-0.1, -0.05) is 0 Å². The van der Waals surface area contributed by atoms with Gasteiger partial charge in [-0.25, -0.2) is 0 Å². The molecule has 1 atom stereocenters. The normalized spacial score (nSPS) is 19.5. The van der Waals surface area contributed by atoms with Gasteiger partial charge in [0.15, 0.2) is 0 Å². The number of hydrogen-bond acceptors (Lipinski definition) is 3. The van der Waals surface area contributed by atoms with Crippen LogP contribution < -0.4 is 15.2 Å². The monoisotopic (exact) mass is 207 g/mol. The van der Waals surface area contributed by atoms with Crippen molar-refractivity contribution >= 4 is 0 Å². The second kappa shape index (κ2) is 4.11. The molecule has 0 heterocycles. The lowest BCUT2D eigenvalue weighted by Crippen LogP contribution is -2.28. The molecular formula is C12H17NO2. The highest BCUT2D eigenvalue weighted by Gasteiger charge is 2.20. The zero-order chi connectivity index (χ0) is 10.8. The van der Waals surface area contributed by atoms with Gasteiger partial charge in [0.1, 0.15) is 11.5 Å². The van der Waals surface area contributed by atoms with E-state index in [-0.39, 0.29) is 6.04 Å². The Morgan fingerprint density at radius 3 is 2.73 bits per heavy atom. The van der Waals surface area contributed by atoms with Crippen LogP contribution in [0.2, 0.25) is 0 Å². The molecule has 0 radical (unpaired) electrons. The second-order valence-electron chi connectivity index (χ2n) is 3.97.